The molecule has 86 valence electrons. The van der Waals surface area contributed by atoms with Crippen molar-refractivity contribution in [1.29, 1.82) is 0 Å². The van der Waals surface area contributed by atoms with Crippen molar-refractivity contribution >= 4 is 17.7 Å². The van der Waals surface area contributed by atoms with E-state index in [2.05, 4.69) is 5.32 Å². The third-order valence-electron chi connectivity index (χ3n) is 3.16. The standard InChI is InChI=1S/C10H18N2O2S/c1-2-10(14)6-12(7-10)9(13)8-5-15-4-3-11-8/h8,11,14H,2-7H2,1H3. The first-order valence-electron chi connectivity index (χ1n) is 5.47. The molecule has 0 aromatic rings. The van der Waals surface area contributed by atoms with Crippen LogP contribution in [0, 0.1) is 0 Å². The van der Waals surface area contributed by atoms with E-state index in [1.54, 1.807) is 4.90 Å². The van der Waals surface area contributed by atoms with Gasteiger partial charge in [-0.25, -0.2) is 0 Å². The molecule has 1 unspecified atom stereocenters. The van der Waals surface area contributed by atoms with Crippen LogP contribution in [0.3, 0.4) is 0 Å². The molecule has 1 amide bonds. The van der Waals surface area contributed by atoms with Crippen molar-refractivity contribution in [2.45, 2.75) is 25.0 Å². The Kier molecular flexibility index (Phi) is 3.23. The molecule has 0 bridgehead atoms. The van der Waals surface area contributed by atoms with Crippen molar-refractivity contribution in [3.63, 3.8) is 0 Å². The molecule has 2 saturated heterocycles. The normalized spacial score (nSPS) is 29.7. The predicted octanol–water partition coefficient (Wildman–Crippen LogP) is -0.325. The van der Waals surface area contributed by atoms with Crippen molar-refractivity contribution in [3.8, 4) is 0 Å². The van der Waals surface area contributed by atoms with Crippen LogP contribution < -0.4 is 5.32 Å². The monoisotopic (exact) mass is 230 g/mol. The molecule has 4 nitrogen and oxygen atoms in total. The van der Waals surface area contributed by atoms with Gasteiger partial charge in [-0.1, -0.05) is 6.92 Å². The van der Waals surface area contributed by atoms with E-state index in [9.17, 15) is 9.90 Å². The zero-order chi connectivity index (χ0) is 10.9. The fourth-order valence-electron chi connectivity index (χ4n) is 1.99. The van der Waals surface area contributed by atoms with Crippen LogP contribution in [-0.2, 0) is 4.79 Å². The number of thioether (sulfide) groups is 1. The van der Waals surface area contributed by atoms with Crippen molar-refractivity contribution in [2.24, 2.45) is 0 Å². The van der Waals surface area contributed by atoms with Crippen LogP contribution >= 0.6 is 11.8 Å². The van der Waals surface area contributed by atoms with Crippen LogP contribution in [0.15, 0.2) is 0 Å². The topological polar surface area (TPSA) is 52.6 Å². The van der Waals surface area contributed by atoms with Gasteiger partial charge in [0.05, 0.1) is 24.7 Å². The number of rotatable bonds is 2. The Hall–Kier alpha value is -0.260. The van der Waals surface area contributed by atoms with E-state index in [4.69, 9.17) is 0 Å². The highest BCUT2D eigenvalue weighted by atomic mass is 32.2. The minimum absolute atomic E-state index is 0.0369. The second-order valence-corrected chi connectivity index (χ2v) is 5.50. The number of nitrogens with one attached hydrogen (secondary N) is 1. The molecular weight excluding hydrogens is 212 g/mol. The molecule has 0 spiro atoms. The SMILES string of the molecule is CCC1(O)CN(C(=O)C2CSCCN2)C1. The number of hydrogen-bond acceptors (Lipinski definition) is 4. The van der Waals surface area contributed by atoms with Gasteiger partial charge in [0.25, 0.3) is 0 Å². The first-order valence-corrected chi connectivity index (χ1v) is 6.62. The molecule has 2 aliphatic heterocycles. The van der Waals surface area contributed by atoms with Crippen LogP contribution in [0.4, 0.5) is 0 Å². The number of amides is 1. The Bertz CT molecular complexity index is 248. The summed E-state index contributed by atoms with van der Waals surface area (Å²) in [5, 5.41) is 13.0. The van der Waals surface area contributed by atoms with E-state index in [0.29, 0.717) is 13.1 Å². The summed E-state index contributed by atoms with van der Waals surface area (Å²) in [5.74, 6) is 2.10. The Morgan fingerprint density at radius 2 is 2.40 bits per heavy atom. The fraction of sp³-hybridized carbons (Fsp3) is 0.900. The van der Waals surface area contributed by atoms with E-state index in [1.165, 1.54) is 0 Å². The number of likely N-dealkylation sites (tertiary alicyclic amines) is 1. The van der Waals surface area contributed by atoms with Crippen LogP contribution in [0.1, 0.15) is 13.3 Å². The molecule has 0 saturated carbocycles. The molecule has 2 rings (SSSR count). The molecule has 2 heterocycles. The first-order chi connectivity index (χ1) is 7.14. The second kappa shape index (κ2) is 4.31. The van der Waals surface area contributed by atoms with E-state index in [1.807, 2.05) is 18.7 Å². The number of hydrogen-bond donors (Lipinski definition) is 2. The molecular formula is C10H18N2O2S. The number of carbonyl (C=O) groups is 1. The summed E-state index contributed by atoms with van der Waals surface area (Å²) in [4.78, 5) is 13.7. The molecule has 0 radical (unpaired) electrons. The summed E-state index contributed by atoms with van der Waals surface area (Å²) >= 11 is 1.82. The molecule has 15 heavy (non-hydrogen) atoms. The summed E-state index contributed by atoms with van der Waals surface area (Å²) in [7, 11) is 0. The zero-order valence-corrected chi connectivity index (χ0v) is 9.85. The third-order valence-corrected chi connectivity index (χ3v) is 4.22. The number of carbonyl (C=O) groups excluding carboxylic acids is 1. The van der Waals surface area contributed by atoms with Gasteiger partial charge >= 0.3 is 0 Å². The molecule has 0 aliphatic carbocycles. The van der Waals surface area contributed by atoms with Crippen LogP contribution in [0.5, 0.6) is 0 Å². The largest absolute Gasteiger partial charge is 0.386 e. The minimum Gasteiger partial charge on any atom is -0.386 e. The summed E-state index contributed by atoms with van der Waals surface area (Å²) in [6.07, 6.45) is 0.726. The summed E-state index contributed by atoms with van der Waals surface area (Å²) in [6, 6.07) is -0.0369. The Morgan fingerprint density at radius 1 is 1.67 bits per heavy atom. The predicted molar refractivity (Wildman–Crippen MR) is 60.9 cm³/mol. The third kappa shape index (κ3) is 2.29. The van der Waals surface area contributed by atoms with Gasteiger partial charge < -0.3 is 15.3 Å². The van der Waals surface area contributed by atoms with Gasteiger partial charge in [-0.15, -0.1) is 0 Å². The number of β-amino-alcohol motifs (C(OH)–C–C–N with tert-alkyl or cyclic N) is 1. The molecule has 2 fully saturated rings. The van der Waals surface area contributed by atoms with Gasteiger partial charge in [-0.2, -0.15) is 11.8 Å². The highest BCUT2D eigenvalue weighted by molar-refractivity contribution is 7.99. The molecule has 5 heteroatoms. The van der Waals surface area contributed by atoms with Gasteiger partial charge in [0.15, 0.2) is 0 Å². The number of nitrogens with zero attached hydrogens (tertiary/aromatic N) is 1. The van der Waals surface area contributed by atoms with E-state index in [-0.39, 0.29) is 11.9 Å². The summed E-state index contributed by atoms with van der Waals surface area (Å²) in [6.45, 7) is 3.87. The lowest BCUT2D eigenvalue weighted by atomic mass is 9.91. The van der Waals surface area contributed by atoms with E-state index >= 15 is 0 Å². The Morgan fingerprint density at radius 3 is 2.93 bits per heavy atom. The van der Waals surface area contributed by atoms with Crippen LogP contribution in [0.2, 0.25) is 0 Å². The molecule has 2 N–H and O–H groups in total. The smallest absolute Gasteiger partial charge is 0.240 e. The Labute approximate surface area is 94.4 Å². The highest BCUT2D eigenvalue weighted by Crippen LogP contribution is 2.25. The molecule has 0 aromatic heterocycles. The van der Waals surface area contributed by atoms with Gasteiger partial charge in [0.1, 0.15) is 0 Å². The maximum atomic E-state index is 11.9. The minimum atomic E-state index is -0.614. The van der Waals surface area contributed by atoms with Gasteiger partial charge in [0.2, 0.25) is 5.91 Å². The zero-order valence-electron chi connectivity index (χ0n) is 9.03. The maximum absolute atomic E-state index is 11.9. The summed E-state index contributed by atoms with van der Waals surface area (Å²) in [5.41, 5.74) is -0.614. The van der Waals surface area contributed by atoms with Gasteiger partial charge in [-0.05, 0) is 6.42 Å². The second-order valence-electron chi connectivity index (χ2n) is 4.35. The van der Waals surface area contributed by atoms with Crippen LogP contribution in [0.25, 0.3) is 0 Å². The average Bonchev–Trinajstić information content (AvgIpc) is 2.25. The lowest BCUT2D eigenvalue weighted by Crippen LogP contribution is -2.66. The van der Waals surface area contributed by atoms with Crippen molar-refractivity contribution < 1.29 is 9.90 Å². The Balaban J connectivity index is 1.83. The maximum Gasteiger partial charge on any atom is 0.240 e. The van der Waals surface area contributed by atoms with Crippen molar-refractivity contribution in [2.75, 3.05) is 31.1 Å². The van der Waals surface area contributed by atoms with E-state index in [0.717, 1.165) is 24.5 Å². The van der Waals surface area contributed by atoms with Crippen molar-refractivity contribution in [1.82, 2.24) is 10.2 Å². The van der Waals surface area contributed by atoms with Crippen LogP contribution in [-0.4, -0.2) is 58.7 Å². The molecule has 0 aromatic carbocycles. The summed E-state index contributed by atoms with van der Waals surface area (Å²) < 4.78 is 0. The highest BCUT2D eigenvalue weighted by Gasteiger charge is 2.43. The average molecular weight is 230 g/mol. The molecule has 2 aliphatic rings. The quantitative estimate of drug-likeness (QED) is 0.682. The van der Waals surface area contributed by atoms with Gasteiger partial charge in [0, 0.05) is 18.1 Å². The lowest BCUT2D eigenvalue weighted by Gasteiger charge is -2.47. The van der Waals surface area contributed by atoms with Crippen molar-refractivity contribution in [3.05, 3.63) is 0 Å². The fourth-order valence-corrected chi connectivity index (χ4v) is 2.91. The lowest BCUT2D eigenvalue weighted by molar-refractivity contribution is -0.157. The molecule has 1 atom stereocenters. The first kappa shape index (κ1) is 11.2. The van der Waals surface area contributed by atoms with E-state index < -0.39 is 5.60 Å². The van der Waals surface area contributed by atoms with Gasteiger partial charge in [-0.3, -0.25) is 4.79 Å². The number of aliphatic hydroxyl groups is 1.